The third kappa shape index (κ3) is 10.5. The number of unbranched alkanes of at least 4 members (excludes halogenated alkanes) is 1. The van der Waals surface area contributed by atoms with Crippen LogP contribution in [0.15, 0.2) is 0 Å². The van der Waals surface area contributed by atoms with Crippen molar-refractivity contribution in [2.24, 2.45) is 23.3 Å². The molecule has 0 heterocycles. The van der Waals surface area contributed by atoms with Crippen LogP contribution in [0, 0.1) is 11.8 Å². The first-order valence-electron chi connectivity index (χ1n) is 11.7. The van der Waals surface area contributed by atoms with Crippen molar-refractivity contribution in [1.82, 2.24) is 16.0 Å². The van der Waals surface area contributed by atoms with Gasteiger partial charge >= 0.3 is 5.97 Å². The number of aliphatic hydroxyl groups excluding tert-OH is 1. The van der Waals surface area contributed by atoms with Gasteiger partial charge in [0.25, 0.3) is 0 Å². The third-order valence-corrected chi connectivity index (χ3v) is 5.97. The zero-order chi connectivity index (χ0) is 25.7. The van der Waals surface area contributed by atoms with Crippen LogP contribution in [-0.2, 0) is 19.2 Å². The second-order valence-corrected chi connectivity index (χ2v) is 8.69. The summed E-state index contributed by atoms with van der Waals surface area (Å²) in [4.78, 5) is 50.0. The van der Waals surface area contributed by atoms with E-state index < -0.39 is 54.0 Å². The first kappa shape index (κ1) is 30.8. The van der Waals surface area contributed by atoms with Crippen LogP contribution >= 0.6 is 0 Å². The number of rotatable bonds is 16. The van der Waals surface area contributed by atoms with Gasteiger partial charge in [-0.3, -0.25) is 14.4 Å². The molecule has 9 N–H and O–H groups in total. The molecule has 33 heavy (non-hydrogen) atoms. The van der Waals surface area contributed by atoms with E-state index >= 15 is 0 Å². The summed E-state index contributed by atoms with van der Waals surface area (Å²) in [5.74, 6) is -3.59. The molecule has 0 saturated carbocycles. The zero-order valence-electron chi connectivity index (χ0n) is 20.5. The molecule has 0 spiro atoms. The quantitative estimate of drug-likeness (QED) is 0.145. The van der Waals surface area contributed by atoms with Crippen LogP contribution < -0.4 is 27.4 Å². The highest BCUT2D eigenvalue weighted by Gasteiger charge is 2.34. The Morgan fingerprint density at radius 2 is 1.27 bits per heavy atom. The Labute approximate surface area is 196 Å². The number of hydrogen-bond acceptors (Lipinski definition) is 7. The van der Waals surface area contributed by atoms with Crippen LogP contribution in [0.1, 0.15) is 66.7 Å². The van der Waals surface area contributed by atoms with E-state index in [1.807, 2.05) is 13.8 Å². The minimum Gasteiger partial charge on any atom is -0.480 e. The van der Waals surface area contributed by atoms with E-state index in [1.165, 1.54) is 6.92 Å². The Hall–Kier alpha value is -2.24. The Morgan fingerprint density at radius 1 is 0.818 bits per heavy atom. The smallest absolute Gasteiger partial charge is 0.326 e. The van der Waals surface area contributed by atoms with Crippen LogP contribution in [0.5, 0.6) is 0 Å². The predicted molar refractivity (Wildman–Crippen MR) is 125 cm³/mol. The minimum atomic E-state index is -1.21. The molecule has 0 aliphatic carbocycles. The van der Waals surface area contributed by atoms with Crippen LogP contribution in [0.4, 0.5) is 0 Å². The van der Waals surface area contributed by atoms with Gasteiger partial charge in [-0.15, -0.1) is 0 Å². The van der Waals surface area contributed by atoms with Crippen molar-refractivity contribution >= 4 is 23.7 Å². The molecule has 11 heteroatoms. The number of aliphatic hydroxyl groups is 1. The van der Waals surface area contributed by atoms with Crippen molar-refractivity contribution in [2.75, 3.05) is 6.54 Å². The number of carbonyl (C=O) groups is 4. The molecule has 0 aromatic carbocycles. The van der Waals surface area contributed by atoms with Crippen molar-refractivity contribution in [3.05, 3.63) is 0 Å². The number of amides is 3. The first-order valence-corrected chi connectivity index (χ1v) is 11.7. The lowest BCUT2D eigenvalue weighted by atomic mass is 9.94. The van der Waals surface area contributed by atoms with Gasteiger partial charge in [0.05, 0.1) is 6.10 Å². The average Bonchev–Trinajstić information content (AvgIpc) is 2.77. The maximum Gasteiger partial charge on any atom is 0.326 e. The van der Waals surface area contributed by atoms with Gasteiger partial charge in [0, 0.05) is 0 Å². The van der Waals surface area contributed by atoms with Crippen molar-refractivity contribution in [2.45, 2.75) is 97.0 Å². The highest BCUT2D eigenvalue weighted by molar-refractivity contribution is 5.94. The van der Waals surface area contributed by atoms with Crippen LogP contribution in [0.3, 0.4) is 0 Å². The molecule has 3 amide bonds. The predicted octanol–water partition coefficient (Wildman–Crippen LogP) is -0.545. The highest BCUT2D eigenvalue weighted by Crippen LogP contribution is 2.13. The van der Waals surface area contributed by atoms with E-state index in [0.717, 1.165) is 0 Å². The molecular formula is C22H43N5O6. The van der Waals surface area contributed by atoms with E-state index in [0.29, 0.717) is 32.2 Å². The van der Waals surface area contributed by atoms with Gasteiger partial charge in [-0.25, -0.2) is 4.79 Å². The van der Waals surface area contributed by atoms with Crippen LogP contribution in [0.25, 0.3) is 0 Å². The standard InChI is InChI=1S/C22H43N5O6/c1-6-12(3)17(20(30)25-15(22(32)33)10-8-9-11-23)27-21(31)18(13(4)7-2)26-19(29)16(24)14(5)28/h12-18,28H,6-11,23-24H2,1-5H3,(H,25,30)(H,26,29)(H,27,31)(H,32,33). The molecule has 0 rings (SSSR count). The summed E-state index contributed by atoms with van der Waals surface area (Å²) in [6.45, 7) is 9.04. The lowest BCUT2D eigenvalue weighted by Crippen LogP contribution is -2.60. The number of hydrogen-bond donors (Lipinski definition) is 7. The molecule has 0 aromatic rings. The number of nitrogens with one attached hydrogen (secondary N) is 3. The zero-order valence-corrected chi connectivity index (χ0v) is 20.5. The monoisotopic (exact) mass is 473 g/mol. The molecule has 0 aliphatic heterocycles. The second kappa shape index (κ2) is 15.6. The topological polar surface area (TPSA) is 197 Å². The molecule has 192 valence electrons. The molecule has 7 atom stereocenters. The fourth-order valence-corrected chi connectivity index (χ4v) is 3.13. The van der Waals surface area contributed by atoms with Crippen LogP contribution in [0.2, 0.25) is 0 Å². The van der Waals surface area contributed by atoms with Gasteiger partial charge in [0.15, 0.2) is 0 Å². The van der Waals surface area contributed by atoms with Crippen LogP contribution in [-0.4, -0.2) is 70.7 Å². The number of carbonyl (C=O) groups excluding carboxylic acids is 3. The summed E-state index contributed by atoms with van der Waals surface area (Å²) >= 11 is 0. The molecule has 0 aliphatic rings. The van der Waals surface area contributed by atoms with E-state index in [4.69, 9.17) is 11.5 Å². The van der Waals surface area contributed by atoms with E-state index in [1.54, 1.807) is 13.8 Å². The molecule has 0 fully saturated rings. The number of aliphatic carboxylic acids is 1. The fourth-order valence-electron chi connectivity index (χ4n) is 3.13. The number of carboxylic acid groups (broad SMARTS) is 1. The summed E-state index contributed by atoms with van der Waals surface area (Å²) in [6.07, 6.45) is 1.41. The lowest BCUT2D eigenvalue weighted by molar-refractivity contribution is -0.143. The van der Waals surface area contributed by atoms with Crippen molar-refractivity contribution in [3.8, 4) is 0 Å². The van der Waals surface area contributed by atoms with Gasteiger partial charge in [-0.1, -0.05) is 40.5 Å². The molecule has 0 bridgehead atoms. The SMILES string of the molecule is CCC(C)C(NC(=O)C(N)C(C)O)C(=O)NC(C(=O)NC(CCCCN)C(=O)O)C(C)CC. The molecule has 11 nitrogen and oxygen atoms in total. The molecule has 7 unspecified atom stereocenters. The first-order chi connectivity index (χ1) is 15.4. The van der Waals surface area contributed by atoms with Gasteiger partial charge in [-0.2, -0.15) is 0 Å². The van der Waals surface area contributed by atoms with Gasteiger partial charge in [-0.05, 0) is 44.6 Å². The Balaban J connectivity index is 5.56. The summed E-state index contributed by atoms with van der Waals surface area (Å²) in [6, 6.07) is -4.27. The summed E-state index contributed by atoms with van der Waals surface area (Å²) in [5, 5.41) is 26.8. The highest BCUT2D eigenvalue weighted by atomic mass is 16.4. The molecule has 0 saturated heterocycles. The number of nitrogens with two attached hydrogens (primary N) is 2. The van der Waals surface area contributed by atoms with E-state index in [2.05, 4.69) is 16.0 Å². The maximum atomic E-state index is 13.1. The summed E-state index contributed by atoms with van der Waals surface area (Å²) in [7, 11) is 0. The van der Waals surface area contributed by atoms with E-state index in [-0.39, 0.29) is 18.3 Å². The third-order valence-electron chi connectivity index (χ3n) is 5.97. The normalized spacial score (nSPS) is 17.6. The maximum absolute atomic E-state index is 13.1. The van der Waals surface area contributed by atoms with Crippen molar-refractivity contribution in [3.63, 3.8) is 0 Å². The Morgan fingerprint density at radius 3 is 1.67 bits per heavy atom. The molecule has 0 radical (unpaired) electrons. The van der Waals surface area contributed by atoms with Gasteiger partial charge < -0.3 is 37.6 Å². The molecular weight excluding hydrogens is 430 g/mol. The Bertz CT molecular complexity index is 645. The van der Waals surface area contributed by atoms with Crippen molar-refractivity contribution < 1.29 is 29.4 Å². The average molecular weight is 474 g/mol. The largest absolute Gasteiger partial charge is 0.480 e. The minimum absolute atomic E-state index is 0.224. The van der Waals surface area contributed by atoms with Crippen molar-refractivity contribution in [1.29, 1.82) is 0 Å². The summed E-state index contributed by atoms with van der Waals surface area (Å²) in [5.41, 5.74) is 11.1. The van der Waals surface area contributed by atoms with Gasteiger partial charge in [0.1, 0.15) is 24.2 Å². The molecule has 0 aromatic heterocycles. The lowest BCUT2D eigenvalue weighted by Gasteiger charge is -2.30. The van der Waals surface area contributed by atoms with E-state index in [9.17, 15) is 29.4 Å². The second-order valence-electron chi connectivity index (χ2n) is 8.69. The number of carboxylic acids is 1. The summed E-state index contributed by atoms with van der Waals surface area (Å²) < 4.78 is 0. The van der Waals surface area contributed by atoms with Gasteiger partial charge in [0.2, 0.25) is 17.7 Å². The Kier molecular flexibility index (Phi) is 14.5. The fraction of sp³-hybridized carbons (Fsp3) is 0.818.